The van der Waals surface area contributed by atoms with Crippen LogP contribution in [-0.2, 0) is 40.0 Å². The second kappa shape index (κ2) is 23.2. The summed E-state index contributed by atoms with van der Waals surface area (Å²) in [5.74, 6) is -6.02. The van der Waals surface area contributed by atoms with Gasteiger partial charge in [-0.05, 0) is 47.7 Å². The minimum atomic E-state index is -1.44. The van der Waals surface area contributed by atoms with E-state index in [4.69, 9.17) is 4.74 Å². The van der Waals surface area contributed by atoms with Crippen LogP contribution in [0.1, 0.15) is 50.9 Å². The van der Waals surface area contributed by atoms with Crippen molar-refractivity contribution >= 4 is 61.4 Å². The van der Waals surface area contributed by atoms with Crippen LogP contribution in [0.3, 0.4) is 0 Å². The number of imide groups is 1. The normalized spacial score (nSPS) is 13.7. The van der Waals surface area contributed by atoms with Gasteiger partial charge in [0.1, 0.15) is 24.2 Å². The van der Waals surface area contributed by atoms with Crippen LogP contribution in [0.5, 0.6) is 0 Å². The number of benzene rings is 2. The molecule has 2 heterocycles. The van der Waals surface area contributed by atoms with Crippen molar-refractivity contribution in [2.45, 2.75) is 77.9 Å². The molecule has 64 heavy (non-hydrogen) atoms. The van der Waals surface area contributed by atoms with Crippen molar-refractivity contribution in [1.82, 2.24) is 30.3 Å². The highest BCUT2D eigenvalue weighted by atomic mass is 32.2. The van der Waals surface area contributed by atoms with Crippen LogP contribution >= 0.6 is 11.8 Å². The van der Waals surface area contributed by atoms with E-state index >= 15 is 4.39 Å². The number of carbonyl (C=O) groups is 7. The van der Waals surface area contributed by atoms with Crippen molar-refractivity contribution in [2.24, 2.45) is 5.41 Å². The zero-order chi connectivity index (χ0) is 47.2. The van der Waals surface area contributed by atoms with E-state index < -0.39 is 79.4 Å². The Bertz CT molecular complexity index is 2170. The number of amides is 6. The van der Waals surface area contributed by atoms with Gasteiger partial charge in [0.2, 0.25) is 17.7 Å². The molecule has 0 aliphatic carbocycles. The topological polar surface area (TPSA) is 196 Å². The van der Waals surface area contributed by atoms with E-state index in [2.05, 4.69) is 35.6 Å². The number of halogens is 2. The molecular formula is C45H58F2N6O9SSi. The molecule has 4 rings (SSSR count). The monoisotopic (exact) mass is 924 g/mol. The molecule has 346 valence electrons. The van der Waals surface area contributed by atoms with E-state index in [1.54, 1.807) is 17.2 Å². The number of rotatable bonds is 23. The van der Waals surface area contributed by atoms with E-state index in [-0.39, 0.29) is 49.0 Å². The number of alkyl carbamates (subject to hydrolysis) is 1. The van der Waals surface area contributed by atoms with Gasteiger partial charge in [-0.2, -0.15) is 0 Å². The lowest BCUT2D eigenvalue weighted by Crippen LogP contribution is -2.46. The number of nitrogens with one attached hydrogen (secondary N) is 3. The Balaban J connectivity index is 1.53. The van der Waals surface area contributed by atoms with Crippen LogP contribution in [0.2, 0.25) is 25.7 Å². The second-order valence-electron chi connectivity index (χ2n) is 17.6. The number of hydrogen-bond acceptors (Lipinski definition) is 9. The zero-order valence-electron chi connectivity index (χ0n) is 37.1. The number of hydrogen-bond donors (Lipinski definition) is 4. The molecule has 1 aliphatic heterocycles. The van der Waals surface area contributed by atoms with E-state index in [0.29, 0.717) is 30.8 Å². The lowest BCUT2D eigenvalue weighted by molar-refractivity contribution is -0.141. The highest BCUT2D eigenvalue weighted by Gasteiger charge is 2.37. The van der Waals surface area contributed by atoms with Crippen LogP contribution in [0, 0.1) is 17.0 Å². The molecule has 2 atom stereocenters. The van der Waals surface area contributed by atoms with Crippen LogP contribution in [0.4, 0.5) is 13.6 Å². The average molecular weight is 925 g/mol. The molecule has 0 fully saturated rings. The number of ether oxygens (including phenoxy) is 1. The first-order valence-corrected chi connectivity index (χ1v) is 25.8. The summed E-state index contributed by atoms with van der Waals surface area (Å²) >= 11 is 0.989. The lowest BCUT2D eigenvalue weighted by Gasteiger charge is -2.41. The van der Waals surface area contributed by atoms with Crippen LogP contribution in [0.25, 0.3) is 11.1 Å². The summed E-state index contributed by atoms with van der Waals surface area (Å²) < 4.78 is 37.1. The maximum absolute atomic E-state index is 15.3. The second-order valence-corrected chi connectivity index (χ2v) is 24.3. The smallest absolute Gasteiger partial charge is 0.407 e. The van der Waals surface area contributed by atoms with Gasteiger partial charge >= 0.3 is 12.1 Å². The summed E-state index contributed by atoms with van der Waals surface area (Å²) in [6, 6.07) is 13.2. The van der Waals surface area contributed by atoms with E-state index in [0.717, 1.165) is 58.6 Å². The Morgan fingerprint density at radius 1 is 0.922 bits per heavy atom. The van der Waals surface area contributed by atoms with Crippen molar-refractivity contribution in [2.75, 3.05) is 44.3 Å². The van der Waals surface area contributed by atoms with Gasteiger partial charge in [0.25, 0.3) is 11.8 Å². The summed E-state index contributed by atoms with van der Waals surface area (Å²) in [6.45, 7) is 12.6. The quantitative estimate of drug-likeness (QED) is 0.0529. The third-order valence-corrected chi connectivity index (χ3v) is 12.8. The lowest BCUT2D eigenvalue weighted by atomic mass is 9.83. The number of aromatic nitrogens is 1. The van der Waals surface area contributed by atoms with Crippen molar-refractivity contribution in [1.29, 1.82) is 0 Å². The summed E-state index contributed by atoms with van der Waals surface area (Å²) in [5.41, 5.74) is 1.32. The number of carboxylic acids is 1. The molecule has 0 radical (unpaired) electrons. The summed E-state index contributed by atoms with van der Waals surface area (Å²) in [7, 11) is -1.44. The minimum Gasteiger partial charge on any atom is -0.480 e. The van der Waals surface area contributed by atoms with Crippen molar-refractivity contribution in [3.63, 3.8) is 0 Å². The largest absolute Gasteiger partial charge is 0.480 e. The first kappa shape index (κ1) is 50.8. The van der Waals surface area contributed by atoms with E-state index in [1.807, 2.05) is 55.7 Å². The first-order valence-electron chi connectivity index (χ1n) is 20.9. The Morgan fingerprint density at radius 3 is 2.25 bits per heavy atom. The fourth-order valence-corrected chi connectivity index (χ4v) is 8.47. The first-order chi connectivity index (χ1) is 30.1. The number of carboxylic acid groups (broad SMARTS) is 1. The predicted molar refractivity (Wildman–Crippen MR) is 242 cm³/mol. The average Bonchev–Trinajstić information content (AvgIpc) is 3.76. The molecule has 6 amide bonds. The molecule has 0 bridgehead atoms. The fraction of sp³-hybridized carbons (Fsp3) is 0.444. The summed E-state index contributed by atoms with van der Waals surface area (Å²) in [6.07, 6.45) is 3.24. The standard InChI is InChI=1S/C45H58F2N6O9SSi/c1-45(2,3)42(36-23-31(33-24-32(46)13-14-34(33)47)26-51(36)25-30-11-8-7-9-12-30)52(20-10-18-49-44(61)62-21-22-64(4,5)6)41(58)29-63-28-35(43(59)60)50-37(54)17-19-48-38(55)27-53-39(56)15-16-40(53)57/h7-9,11-16,23-24,26,35,42H,10,17-22,25,27-29H2,1-6H3,(H,48,55)(H,49,61)(H,50,54)(H,59,60). The van der Waals surface area contributed by atoms with Gasteiger partial charge in [-0.1, -0.05) is 70.7 Å². The minimum absolute atomic E-state index is 0.0442. The van der Waals surface area contributed by atoms with Gasteiger partial charge in [-0.15, -0.1) is 11.8 Å². The fourth-order valence-electron chi connectivity index (χ4n) is 6.84. The molecule has 1 aliphatic rings. The molecule has 15 nitrogen and oxygen atoms in total. The van der Waals surface area contributed by atoms with Gasteiger partial charge in [0.15, 0.2) is 0 Å². The Hall–Kier alpha value is -5.82. The van der Waals surface area contributed by atoms with Gasteiger partial charge in [-0.3, -0.25) is 28.9 Å². The van der Waals surface area contributed by atoms with Crippen molar-refractivity contribution in [3.05, 3.63) is 95.8 Å². The zero-order valence-corrected chi connectivity index (χ0v) is 38.9. The van der Waals surface area contributed by atoms with Gasteiger partial charge in [0, 0.05) is 81.6 Å². The van der Waals surface area contributed by atoms with E-state index in [9.17, 15) is 43.1 Å². The number of nitrogens with zero attached hydrogens (tertiary/aromatic N) is 3. The van der Waals surface area contributed by atoms with Gasteiger partial charge < -0.3 is 35.3 Å². The van der Waals surface area contributed by atoms with Crippen molar-refractivity contribution in [3.8, 4) is 11.1 Å². The van der Waals surface area contributed by atoms with Crippen LogP contribution < -0.4 is 16.0 Å². The summed E-state index contributed by atoms with van der Waals surface area (Å²) in [4.78, 5) is 90.1. The molecule has 0 saturated heterocycles. The molecule has 3 aromatic rings. The number of aliphatic carboxylic acids is 1. The number of carbonyl (C=O) groups excluding carboxylic acids is 6. The Labute approximate surface area is 377 Å². The highest BCUT2D eigenvalue weighted by Crippen LogP contribution is 2.41. The molecular weight excluding hydrogens is 867 g/mol. The SMILES string of the molecule is CC(C)(C)C(c1cc(-c2cc(F)ccc2F)cn1Cc1ccccc1)N(CCCNC(=O)OCC[Si](C)(C)C)C(=O)CSCC(NC(=O)CCNC(=O)CN1C(=O)C=CC1=O)C(=O)O. The van der Waals surface area contributed by atoms with Crippen molar-refractivity contribution < 1.29 is 52.2 Å². The third-order valence-electron chi connectivity index (χ3n) is 10.0. The van der Waals surface area contributed by atoms with Crippen LogP contribution in [0.15, 0.2) is 72.9 Å². The molecule has 0 spiro atoms. The highest BCUT2D eigenvalue weighted by molar-refractivity contribution is 8.00. The molecule has 2 aromatic carbocycles. The third kappa shape index (κ3) is 15.8. The van der Waals surface area contributed by atoms with Gasteiger partial charge in [0.05, 0.1) is 18.4 Å². The molecule has 4 N–H and O–H groups in total. The summed E-state index contributed by atoms with van der Waals surface area (Å²) in [5, 5.41) is 17.6. The number of thioether (sulfide) groups is 1. The predicted octanol–water partition coefficient (Wildman–Crippen LogP) is 5.59. The van der Waals surface area contributed by atoms with Crippen LogP contribution in [-0.4, -0.2) is 119 Å². The molecule has 0 saturated carbocycles. The Kier molecular flexibility index (Phi) is 18.4. The Morgan fingerprint density at radius 2 is 1.61 bits per heavy atom. The maximum atomic E-state index is 15.3. The van der Waals surface area contributed by atoms with E-state index in [1.165, 1.54) is 0 Å². The maximum Gasteiger partial charge on any atom is 0.407 e. The molecule has 2 unspecified atom stereocenters. The van der Waals surface area contributed by atoms with Gasteiger partial charge in [-0.25, -0.2) is 18.4 Å². The molecule has 19 heteroatoms. The molecule has 1 aromatic heterocycles.